The summed E-state index contributed by atoms with van der Waals surface area (Å²) in [5.74, 6) is 2.25. The fourth-order valence-electron chi connectivity index (χ4n) is 1.68. The molecule has 5 heteroatoms. The van der Waals surface area contributed by atoms with Crippen molar-refractivity contribution in [1.82, 2.24) is 10.3 Å². The first-order chi connectivity index (χ1) is 8.70. The number of nitrogens with zero attached hydrogens (tertiary/aromatic N) is 1. The number of aryl methyl sites for hydroxylation is 1. The smallest absolute Gasteiger partial charge is 0.208 e. The van der Waals surface area contributed by atoms with Gasteiger partial charge in [-0.25, -0.2) is 4.98 Å². The van der Waals surface area contributed by atoms with Gasteiger partial charge in [0.2, 0.25) is 5.89 Å². The molecule has 2 aromatic rings. The average molecular weight is 267 g/mol. The van der Waals surface area contributed by atoms with Gasteiger partial charge >= 0.3 is 0 Å². The molecule has 1 heterocycles. The standard InChI is InChI=1S/C13H15ClN2O2/c1-9-6-16-13(18-9)8-15-7-10-11(14)4-3-5-12(10)17-2/h3-6,15H,7-8H2,1-2H3. The van der Waals surface area contributed by atoms with Crippen LogP contribution in [0, 0.1) is 6.92 Å². The zero-order valence-electron chi connectivity index (χ0n) is 10.4. The van der Waals surface area contributed by atoms with Gasteiger partial charge in [-0.2, -0.15) is 0 Å². The molecule has 96 valence electrons. The molecule has 0 aliphatic heterocycles. The zero-order chi connectivity index (χ0) is 13.0. The van der Waals surface area contributed by atoms with E-state index in [4.69, 9.17) is 20.8 Å². The van der Waals surface area contributed by atoms with Crippen LogP contribution >= 0.6 is 11.6 Å². The SMILES string of the molecule is COc1cccc(Cl)c1CNCc1ncc(C)o1. The van der Waals surface area contributed by atoms with Gasteiger partial charge in [0.15, 0.2) is 0 Å². The summed E-state index contributed by atoms with van der Waals surface area (Å²) in [5.41, 5.74) is 0.935. The molecule has 0 fully saturated rings. The summed E-state index contributed by atoms with van der Waals surface area (Å²) >= 11 is 6.13. The van der Waals surface area contributed by atoms with Crippen LogP contribution in [0.3, 0.4) is 0 Å². The normalized spacial score (nSPS) is 10.6. The fraction of sp³-hybridized carbons (Fsp3) is 0.308. The van der Waals surface area contributed by atoms with Crippen LogP contribution in [0.25, 0.3) is 0 Å². The molecule has 4 nitrogen and oxygen atoms in total. The molecule has 2 rings (SSSR count). The van der Waals surface area contributed by atoms with E-state index in [1.165, 1.54) is 0 Å². The van der Waals surface area contributed by atoms with Crippen LogP contribution in [0.5, 0.6) is 5.75 Å². The fourth-order valence-corrected chi connectivity index (χ4v) is 1.91. The van der Waals surface area contributed by atoms with Crippen LogP contribution in [0.2, 0.25) is 5.02 Å². The lowest BCUT2D eigenvalue weighted by molar-refractivity contribution is 0.405. The Hall–Kier alpha value is -1.52. The highest BCUT2D eigenvalue weighted by molar-refractivity contribution is 6.31. The highest BCUT2D eigenvalue weighted by Gasteiger charge is 2.07. The number of oxazole rings is 1. The summed E-state index contributed by atoms with van der Waals surface area (Å²) in [6, 6.07) is 5.59. The largest absolute Gasteiger partial charge is 0.496 e. The maximum Gasteiger partial charge on any atom is 0.208 e. The molecule has 0 radical (unpaired) electrons. The minimum absolute atomic E-state index is 0.558. The van der Waals surface area contributed by atoms with Gasteiger partial charge in [0.1, 0.15) is 11.5 Å². The second kappa shape index (κ2) is 5.89. The van der Waals surface area contributed by atoms with Crippen molar-refractivity contribution in [3.05, 3.63) is 46.6 Å². The van der Waals surface area contributed by atoms with Gasteiger partial charge in [-0.15, -0.1) is 0 Å². The van der Waals surface area contributed by atoms with Gasteiger partial charge in [-0.05, 0) is 19.1 Å². The number of rotatable bonds is 5. The minimum atomic E-state index is 0.558. The third kappa shape index (κ3) is 3.03. The van der Waals surface area contributed by atoms with Crippen molar-refractivity contribution in [3.63, 3.8) is 0 Å². The van der Waals surface area contributed by atoms with Crippen LogP contribution in [-0.2, 0) is 13.1 Å². The summed E-state index contributed by atoms with van der Waals surface area (Å²) in [4.78, 5) is 4.12. The van der Waals surface area contributed by atoms with E-state index < -0.39 is 0 Å². The van der Waals surface area contributed by atoms with Crippen molar-refractivity contribution in [2.45, 2.75) is 20.0 Å². The molecular weight excluding hydrogens is 252 g/mol. The Labute approximate surface area is 111 Å². The van der Waals surface area contributed by atoms with E-state index in [1.54, 1.807) is 13.3 Å². The summed E-state index contributed by atoms with van der Waals surface area (Å²) in [6.45, 7) is 3.03. The van der Waals surface area contributed by atoms with E-state index in [0.717, 1.165) is 17.1 Å². The molecule has 0 spiro atoms. The van der Waals surface area contributed by atoms with Gasteiger partial charge in [0, 0.05) is 17.1 Å². The van der Waals surface area contributed by atoms with Gasteiger partial charge in [-0.3, -0.25) is 0 Å². The summed E-state index contributed by atoms with van der Waals surface area (Å²) in [6.07, 6.45) is 1.70. The van der Waals surface area contributed by atoms with Crippen molar-refractivity contribution in [3.8, 4) is 5.75 Å². The Kier molecular flexibility index (Phi) is 4.23. The second-order valence-corrected chi connectivity index (χ2v) is 4.30. The van der Waals surface area contributed by atoms with E-state index in [1.807, 2.05) is 25.1 Å². The van der Waals surface area contributed by atoms with E-state index in [-0.39, 0.29) is 0 Å². The van der Waals surface area contributed by atoms with Gasteiger partial charge in [0.25, 0.3) is 0 Å². The predicted octanol–water partition coefficient (Wildman–Crippen LogP) is 2.93. The molecule has 0 atom stereocenters. The highest BCUT2D eigenvalue weighted by atomic mass is 35.5. The number of aromatic nitrogens is 1. The number of halogens is 1. The monoisotopic (exact) mass is 266 g/mol. The Morgan fingerprint density at radius 1 is 1.39 bits per heavy atom. The zero-order valence-corrected chi connectivity index (χ0v) is 11.1. The van der Waals surface area contributed by atoms with Crippen LogP contribution in [0.1, 0.15) is 17.2 Å². The third-order valence-electron chi connectivity index (χ3n) is 2.54. The minimum Gasteiger partial charge on any atom is -0.496 e. The summed E-state index contributed by atoms with van der Waals surface area (Å²) in [5, 5.41) is 3.91. The Morgan fingerprint density at radius 3 is 2.89 bits per heavy atom. The van der Waals surface area contributed by atoms with Gasteiger partial charge in [-0.1, -0.05) is 17.7 Å². The Bertz CT molecular complexity index is 525. The lowest BCUT2D eigenvalue weighted by Crippen LogP contribution is -2.14. The first-order valence-corrected chi connectivity index (χ1v) is 6.02. The molecule has 1 N–H and O–H groups in total. The van der Waals surface area contributed by atoms with Crippen molar-refractivity contribution >= 4 is 11.6 Å². The van der Waals surface area contributed by atoms with E-state index in [0.29, 0.717) is 24.0 Å². The molecule has 0 aliphatic rings. The van der Waals surface area contributed by atoms with E-state index >= 15 is 0 Å². The van der Waals surface area contributed by atoms with Crippen LogP contribution in [0.4, 0.5) is 0 Å². The van der Waals surface area contributed by atoms with Crippen molar-refractivity contribution < 1.29 is 9.15 Å². The van der Waals surface area contributed by atoms with Crippen molar-refractivity contribution in [1.29, 1.82) is 0 Å². The molecule has 0 bridgehead atoms. The first-order valence-electron chi connectivity index (χ1n) is 5.64. The second-order valence-electron chi connectivity index (χ2n) is 3.89. The molecule has 0 unspecified atom stereocenters. The van der Waals surface area contributed by atoms with Crippen molar-refractivity contribution in [2.75, 3.05) is 7.11 Å². The molecule has 1 aromatic heterocycles. The molecule has 0 aliphatic carbocycles. The van der Waals surface area contributed by atoms with Gasteiger partial charge < -0.3 is 14.5 Å². The van der Waals surface area contributed by atoms with Crippen LogP contribution < -0.4 is 10.1 Å². The van der Waals surface area contributed by atoms with Crippen molar-refractivity contribution in [2.24, 2.45) is 0 Å². The first kappa shape index (κ1) is 12.9. The molecule has 0 saturated carbocycles. The quantitative estimate of drug-likeness (QED) is 0.904. The lowest BCUT2D eigenvalue weighted by atomic mass is 10.2. The number of methoxy groups -OCH3 is 1. The Balaban J connectivity index is 1.98. The number of hydrogen-bond acceptors (Lipinski definition) is 4. The number of benzene rings is 1. The summed E-state index contributed by atoms with van der Waals surface area (Å²) < 4.78 is 10.6. The molecule has 18 heavy (non-hydrogen) atoms. The number of hydrogen-bond donors (Lipinski definition) is 1. The Morgan fingerprint density at radius 2 is 2.22 bits per heavy atom. The lowest BCUT2D eigenvalue weighted by Gasteiger charge is -2.10. The molecule has 0 saturated heterocycles. The maximum absolute atomic E-state index is 6.13. The average Bonchev–Trinajstić information content (AvgIpc) is 2.77. The predicted molar refractivity (Wildman–Crippen MR) is 69.8 cm³/mol. The summed E-state index contributed by atoms with van der Waals surface area (Å²) in [7, 11) is 1.63. The van der Waals surface area contributed by atoms with Crippen LogP contribution in [0.15, 0.2) is 28.8 Å². The maximum atomic E-state index is 6.13. The molecular formula is C13H15ClN2O2. The topological polar surface area (TPSA) is 47.3 Å². The number of nitrogens with one attached hydrogen (secondary N) is 1. The molecule has 1 aromatic carbocycles. The highest BCUT2D eigenvalue weighted by Crippen LogP contribution is 2.25. The number of ether oxygens (including phenoxy) is 1. The van der Waals surface area contributed by atoms with E-state index in [2.05, 4.69) is 10.3 Å². The van der Waals surface area contributed by atoms with E-state index in [9.17, 15) is 0 Å². The molecule has 0 amide bonds. The van der Waals surface area contributed by atoms with Gasteiger partial charge in [0.05, 0.1) is 19.9 Å². The third-order valence-corrected chi connectivity index (χ3v) is 2.90. The van der Waals surface area contributed by atoms with Crippen LogP contribution in [-0.4, -0.2) is 12.1 Å².